The van der Waals surface area contributed by atoms with Crippen molar-refractivity contribution < 1.29 is 13.9 Å². The second-order valence-corrected chi connectivity index (χ2v) is 4.80. The Morgan fingerprint density at radius 2 is 2.10 bits per heavy atom. The molecular weight excluding hydrogens is 277 g/mol. The smallest absolute Gasteiger partial charge is 0.264 e. The number of nitrogens with zero attached hydrogens (tertiary/aromatic N) is 3. The highest BCUT2D eigenvalue weighted by molar-refractivity contribution is 5.79. The molecule has 0 aliphatic carbocycles. The Bertz CT molecular complexity index is 738. The van der Waals surface area contributed by atoms with Crippen LogP contribution in [0.1, 0.15) is 0 Å². The lowest BCUT2D eigenvalue weighted by Crippen LogP contribution is -2.43. The Kier molecular flexibility index (Phi) is 3.66. The van der Waals surface area contributed by atoms with Gasteiger partial charge in [-0.3, -0.25) is 14.2 Å². The van der Waals surface area contributed by atoms with E-state index < -0.39 is 11.4 Å². The summed E-state index contributed by atoms with van der Waals surface area (Å²) in [5.41, 5.74) is -0.255. The Morgan fingerprint density at radius 3 is 2.86 bits per heavy atom. The second-order valence-electron chi connectivity index (χ2n) is 4.80. The zero-order chi connectivity index (χ0) is 14.8. The second kappa shape index (κ2) is 5.61. The van der Waals surface area contributed by atoms with Crippen LogP contribution in [0.4, 0.5) is 4.39 Å². The summed E-state index contributed by atoms with van der Waals surface area (Å²) in [5, 5.41) is -0.0882. The molecule has 2 aromatic rings. The van der Waals surface area contributed by atoms with Crippen molar-refractivity contribution in [3.05, 3.63) is 40.7 Å². The molecule has 1 fully saturated rings. The van der Waals surface area contributed by atoms with E-state index in [1.165, 1.54) is 18.5 Å². The van der Waals surface area contributed by atoms with Crippen LogP contribution in [0.25, 0.3) is 10.9 Å². The highest BCUT2D eigenvalue weighted by atomic mass is 19.1. The monoisotopic (exact) mass is 291 g/mol. The largest absolute Gasteiger partial charge is 0.378 e. The first-order chi connectivity index (χ1) is 10.2. The van der Waals surface area contributed by atoms with Crippen molar-refractivity contribution in [1.82, 2.24) is 14.5 Å². The van der Waals surface area contributed by atoms with Crippen LogP contribution in [0, 0.1) is 5.82 Å². The molecule has 0 bridgehead atoms. The fourth-order valence-electron chi connectivity index (χ4n) is 2.33. The average molecular weight is 291 g/mol. The Morgan fingerprint density at radius 1 is 1.33 bits per heavy atom. The average Bonchev–Trinajstić information content (AvgIpc) is 2.51. The summed E-state index contributed by atoms with van der Waals surface area (Å²) in [7, 11) is 0. The Labute approximate surface area is 119 Å². The first kappa shape index (κ1) is 13.7. The molecule has 7 heteroatoms. The van der Waals surface area contributed by atoms with E-state index in [4.69, 9.17) is 4.74 Å². The van der Waals surface area contributed by atoms with E-state index in [1.54, 1.807) is 11.0 Å². The maximum Gasteiger partial charge on any atom is 0.264 e. The van der Waals surface area contributed by atoms with Crippen LogP contribution in [0.2, 0.25) is 0 Å². The molecule has 1 aromatic carbocycles. The molecule has 1 aromatic heterocycles. The minimum Gasteiger partial charge on any atom is -0.378 e. The van der Waals surface area contributed by atoms with Crippen molar-refractivity contribution >= 4 is 16.8 Å². The maximum absolute atomic E-state index is 13.8. The van der Waals surface area contributed by atoms with Gasteiger partial charge < -0.3 is 9.64 Å². The van der Waals surface area contributed by atoms with Gasteiger partial charge in [0.1, 0.15) is 17.7 Å². The van der Waals surface area contributed by atoms with Crippen LogP contribution in [0.3, 0.4) is 0 Å². The summed E-state index contributed by atoms with van der Waals surface area (Å²) in [6, 6.07) is 4.26. The quantitative estimate of drug-likeness (QED) is 0.803. The van der Waals surface area contributed by atoms with Gasteiger partial charge in [-0.2, -0.15) is 0 Å². The summed E-state index contributed by atoms with van der Waals surface area (Å²) in [6.45, 7) is 1.85. The third kappa shape index (κ3) is 2.64. The summed E-state index contributed by atoms with van der Waals surface area (Å²) < 4.78 is 20.1. The van der Waals surface area contributed by atoms with Crippen molar-refractivity contribution in [3.8, 4) is 0 Å². The van der Waals surface area contributed by atoms with E-state index in [-0.39, 0.29) is 23.4 Å². The molecular formula is C14H14FN3O3. The van der Waals surface area contributed by atoms with Gasteiger partial charge in [-0.05, 0) is 12.1 Å². The third-order valence-electron chi connectivity index (χ3n) is 3.47. The highest BCUT2D eigenvalue weighted by Gasteiger charge is 2.18. The molecule has 0 radical (unpaired) electrons. The van der Waals surface area contributed by atoms with Crippen molar-refractivity contribution in [2.75, 3.05) is 26.3 Å². The molecule has 6 nitrogen and oxygen atoms in total. The molecule has 2 heterocycles. The van der Waals surface area contributed by atoms with E-state index >= 15 is 0 Å². The fraction of sp³-hybridized carbons (Fsp3) is 0.357. The van der Waals surface area contributed by atoms with Gasteiger partial charge in [-0.15, -0.1) is 0 Å². The fourth-order valence-corrected chi connectivity index (χ4v) is 2.33. The van der Waals surface area contributed by atoms with Crippen molar-refractivity contribution in [2.24, 2.45) is 0 Å². The van der Waals surface area contributed by atoms with Crippen molar-refractivity contribution in [3.63, 3.8) is 0 Å². The van der Waals surface area contributed by atoms with Gasteiger partial charge >= 0.3 is 0 Å². The molecule has 3 rings (SSSR count). The van der Waals surface area contributed by atoms with Crippen molar-refractivity contribution in [1.29, 1.82) is 0 Å². The van der Waals surface area contributed by atoms with Crippen LogP contribution < -0.4 is 5.56 Å². The zero-order valence-corrected chi connectivity index (χ0v) is 11.3. The number of benzene rings is 1. The Hall–Kier alpha value is -2.28. The van der Waals surface area contributed by atoms with Gasteiger partial charge in [0.15, 0.2) is 0 Å². The van der Waals surface area contributed by atoms with E-state index in [2.05, 4.69) is 4.98 Å². The van der Waals surface area contributed by atoms with Crippen LogP contribution in [-0.4, -0.2) is 46.7 Å². The number of carbonyl (C=O) groups excluding carboxylic acids is 1. The van der Waals surface area contributed by atoms with E-state index in [1.807, 2.05) is 0 Å². The number of rotatable bonds is 2. The number of aromatic nitrogens is 2. The molecule has 1 saturated heterocycles. The van der Waals surface area contributed by atoms with Gasteiger partial charge in [0.2, 0.25) is 5.91 Å². The van der Waals surface area contributed by atoms with Gasteiger partial charge in [0, 0.05) is 13.1 Å². The van der Waals surface area contributed by atoms with Crippen molar-refractivity contribution in [2.45, 2.75) is 6.54 Å². The molecule has 0 unspecified atom stereocenters. The normalized spacial score (nSPS) is 15.4. The molecule has 1 amide bonds. The summed E-state index contributed by atoms with van der Waals surface area (Å²) in [5.74, 6) is -0.823. The zero-order valence-electron chi connectivity index (χ0n) is 11.3. The molecule has 0 spiro atoms. The van der Waals surface area contributed by atoms with Crippen LogP contribution in [0.5, 0.6) is 0 Å². The summed E-state index contributed by atoms with van der Waals surface area (Å²) in [6.07, 6.45) is 1.28. The number of halogens is 1. The van der Waals surface area contributed by atoms with Gasteiger partial charge in [0.25, 0.3) is 5.56 Å². The molecule has 0 atom stereocenters. The first-order valence-electron chi connectivity index (χ1n) is 6.66. The first-order valence-corrected chi connectivity index (χ1v) is 6.66. The molecule has 0 saturated carbocycles. The number of hydrogen-bond donors (Lipinski definition) is 0. The lowest BCUT2D eigenvalue weighted by molar-refractivity contribution is -0.135. The number of ether oxygens (including phenoxy) is 1. The summed E-state index contributed by atoms with van der Waals surface area (Å²) in [4.78, 5) is 30.0. The SMILES string of the molecule is O=C(Cn1cnc2cccc(F)c2c1=O)N1CCOCC1. The number of morpholine rings is 1. The standard InChI is InChI=1S/C14H14FN3O3/c15-10-2-1-3-11-13(10)14(20)18(9-16-11)8-12(19)17-4-6-21-7-5-17/h1-3,9H,4-8H2. The Balaban J connectivity index is 1.90. The molecule has 21 heavy (non-hydrogen) atoms. The lowest BCUT2D eigenvalue weighted by Gasteiger charge is -2.27. The van der Waals surface area contributed by atoms with Gasteiger partial charge in [-0.25, -0.2) is 9.37 Å². The summed E-state index contributed by atoms with van der Waals surface area (Å²) >= 11 is 0. The van der Waals surface area contributed by atoms with E-state index in [0.29, 0.717) is 26.3 Å². The number of hydrogen-bond acceptors (Lipinski definition) is 4. The van der Waals surface area contributed by atoms with Crippen LogP contribution >= 0.6 is 0 Å². The van der Waals surface area contributed by atoms with Gasteiger partial charge in [-0.1, -0.05) is 6.07 Å². The van der Waals surface area contributed by atoms with E-state index in [0.717, 1.165) is 4.57 Å². The van der Waals surface area contributed by atoms with E-state index in [9.17, 15) is 14.0 Å². The minimum atomic E-state index is -0.627. The predicted octanol–water partition coefficient (Wildman–Crippen LogP) is 0.394. The molecule has 0 N–H and O–H groups in total. The lowest BCUT2D eigenvalue weighted by atomic mass is 10.2. The predicted molar refractivity (Wildman–Crippen MR) is 73.4 cm³/mol. The van der Waals surface area contributed by atoms with Gasteiger partial charge in [0.05, 0.1) is 25.1 Å². The maximum atomic E-state index is 13.8. The molecule has 1 aliphatic heterocycles. The van der Waals surface area contributed by atoms with Crippen LogP contribution in [-0.2, 0) is 16.1 Å². The third-order valence-corrected chi connectivity index (χ3v) is 3.47. The highest BCUT2D eigenvalue weighted by Crippen LogP contribution is 2.10. The topological polar surface area (TPSA) is 64.4 Å². The molecule has 1 aliphatic rings. The molecule has 110 valence electrons. The number of amides is 1. The number of fused-ring (bicyclic) bond motifs is 1. The van der Waals surface area contributed by atoms with Crippen LogP contribution in [0.15, 0.2) is 29.3 Å². The number of carbonyl (C=O) groups is 1. The minimum absolute atomic E-state index is 0.0882.